The van der Waals surface area contributed by atoms with Crippen LogP contribution in [0, 0.1) is 0 Å². The molecule has 0 bridgehead atoms. The fraction of sp³-hybridized carbons (Fsp3) is 0. The van der Waals surface area contributed by atoms with Gasteiger partial charge in [0.25, 0.3) is 5.91 Å². The zero-order valence-electron chi connectivity index (χ0n) is 17.3. The summed E-state index contributed by atoms with van der Waals surface area (Å²) < 4.78 is 2.23. The number of pyridine rings is 1. The fourth-order valence-electron chi connectivity index (χ4n) is 3.77. The minimum Gasteiger partial charge on any atom is -0.309 e. The lowest BCUT2D eigenvalue weighted by molar-refractivity contribution is 0.102. The van der Waals surface area contributed by atoms with Crippen LogP contribution >= 0.6 is 0 Å². The SMILES string of the molecule is O=C(Nc1ccccn1)c1ccc(-n2c(-c3ccccc3)ccc2-c2ccccc2)cc1. The molecule has 5 aromatic rings. The summed E-state index contributed by atoms with van der Waals surface area (Å²) in [6.45, 7) is 0. The van der Waals surface area contributed by atoms with Crippen LogP contribution in [-0.4, -0.2) is 15.5 Å². The average molecular weight is 415 g/mol. The molecule has 5 rings (SSSR count). The summed E-state index contributed by atoms with van der Waals surface area (Å²) in [5, 5.41) is 2.83. The Morgan fingerprint density at radius 2 is 1.19 bits per heavy atom. The van der Waals surface area contributed by atoms with E-state index in [0.717, 1.165) is 28.2 Å². The van der Waals surface area contributed by atoms with E-state index < -0.39 is 0 Å². The Balaban J connectivity index is 1.53. The highest BCUT2D eigenvalue weighted by Crippen LogP contribution is 2.32. The van der Waals surface area contributed by atoms with Gasteiger partial charge in [0.05, 0.1) is 11.4 Å². The van der Waals surface area contributed by atoms with Crippen molar-refractivity contribution in [3.63, 3.8) is 0 Å². The van der Waals surface area contributed by atoms with Gasteiger partial charge in [0.15, 0.2) is 0 Å². The van der Waals surface area contributed by atoms with Crippen molar-refractivity contribution in [3.05, 3.63) is 127 Å². The highest BCUT2D eigenvalue weighted by Gasteiger charge is 2.14. The van der Waals surface area contributed by atoms with Crippen LogP contribution in [0.2, 0.25) is 0 Å². The zero-order valence-corrected chi connectivity index (χ0v) is 17.3. The minimum atomic E-state index is -0.186. The van der Waals surface area contributed by atoms with Gasteiger partial charge in [-0.3, -0.25) is 4.79 Å². The lowest BCUT2D eigenvalue weighted by Gasteiger charge is -2.15. The predicted octanol–water partition coefficient (Wildman–Crippen LogP) is 6.46. The van der Waals surface area contributed by atoms with Crippen molar-refractivity contribution in [2.45, 2.75) is 0 Å². The van der Waals surface area contributed by atoms with Crippen molar-refractivity contribution in [1.29, 1.82) is 0 Å². The van der Waals surface area contributed by atoms with Gasteiger partial charge in [-0.05, 0) is 59.7 Å². The van der Waals surface area contributed by atoms with Crippen LogP contribution in [0.15, 0.2) is 121 Å². The van der Waals surface area contributed by atoms with E-state index in [1.807, 2.05) is 72.8 Å². The van der Waals surface area contributed by atoms with Crippen LogP contribution in [0.3, 0.4) is 0 Å². The largest absolute Gasteiger partial charge is 0.309 e. The number of rotatable bonds is 5. The third-order valence-corrected chi connectivity index (χ3v) is 5.31. The van der Waals surface area contributed by atoms with Crippen molar-refractivity contribution in [1.82, 2.24) is 9.55 Å². The predicted molar refractivity (Wildman–Crippen MR) is 129 cm³/mol. The summed E-state index contributed by atoms with van der Waals surface area (Å²) >= 11 is 0. The van der Waals surface area contributed by atoms with Crippen LogP contribution in [0.1, 0.15) is 10.4 Å². The number of carbonyl (C=O) groups excluding carboxylic acids is 1. The van der Waals surface area contributed by atoms with Crippen LogP contribution in [0.4, 0.5) is 5.82 Å². The standard InChI is InChI=1S/C28H21N3O/c32-28(30-27-13-7-8-20-29-27)23-14-16-24(17-15-23)31-25(21-9-3-1-4-10-21)18-19-26(31)22-11-5-2-6-12-22/h1-20H,(H,29,30,32). The maximum atomic E-state index is 12.6. The average Bonchev–Trinajstić information content (AvgIpc) is 3.31. The van der Waals surface area contributed by atoms with Gasteiger partial charge in [0.2, 0.25) is 0 Å². The van der Waals surface area contributed by atoms with Gasteiger partial charge >= 0.3 is 0 Å². The van der Waals surface area contributed by atoms with Crippen molar-refractivity contribution in [2.24, 2.45) is 0 Å². The Morgan fingerprint density at radius 3 is 1.72 bits per heavy atom. The first-order valence-electron chi connectivity index (χ1n) is 10.4. The summed E-state index contributed by atoms with van der Waals surface area (Å²) in [6.07, 6.45) is 1.65. The third kappa shape index (κ3) is 3.94. The van der Waals surface area contributed by atoms with Crippen LogP contribution in [-0.2, 0) is 0 Å². The van der Waals surface area contributed by atoms with Crippen LogP contribution in [0.25, 0.3) is 28.2 Å². The molecule has 4 nitrogen and oxygen atoms in total. The van der Waals surface area contributed by atoms with Gasteiger partial charge in [0, 0.05) is 17.4 Å². The molecule has 0 radical (unpaired) electrons. The number of hydrogen-bond acceptors (Lipinski definition) is 2. The normalized spacial score (nSPS) is 10.6. The molecule has 1 N–H and O–H groups in total. The third-order valence-electron chi connectivity index (χ3n) is 5.31. The summed E-state index contributed by atoms with van der Waals surface area (Å²) in [6, 6.07) is 38.0. The number of amides is 1. The van der Waals surface area contributed by atoms with Crippen LogP contribution < -0.4 is 5.32 Å². The molecule has 2 aromatic heterocycles. The summed E-state index contributed by atoms with van der Waals surface area (Å²) in [4.78, 5) is 16.8. The molecule has 0 unspecified atom stereocenters. The minimum absolute atomic E-state index is 0.186. The first-order chi connectivity index (χ1) is 15.8. The van der Waals surface area contributed by atoms with Crippen molar-refractivity contribution in [3.8, 4) is 28.2 Å². The number of nitrogens with zero attached hydrogens (tertiary/aromatic N) is 2. The second kappa shape index (κ2) is 8.74. The van der Waals surface area contributed by atoms with E-state index in [1.54, 1.807) is 12.3 Å². The van der Waals surface area contributed by atoms with Crippen molar-refractivity contribution >= 4 is 11.7 Å². The molecule has 154 valence electrons. The summed E-state index contributed by atoms with van der Waals surface area (Å²) in [5.74, 6) is 0.346. The van der Waals surface area contributed by atoms with E-state index in [-0.39, 0.29) is 5.91 Å². The Bertz CT molecular complexity index is 1270. The Hall–Kier alpha value is -4.44. The van der Waals surface area contributed by atoms with E-state index in [1.165, 1.54) is 0 Å². The number of nitrogens with one attached hydrogen (secondary N) is 1. The van der Waals surface area contributed by atoms with Gasteiger partial charge in [-0.15, -0.1) is 0 Å². The molecule has 0 aliphatic heterocycles. The van der Waals surface area contributed by atoms with E-state index in [4.69, 9.17) is 0 Å². The van der Waals surface area contributed by atoms with E-state index in [2.05, 4.69) is 51.3 Å². The van der Waals surface area contributed by atoms with Crippen molar-refractivity contribution < 1.29 is 4.79 Å². The van der Waals surface area contributed by atoms with Crippen molar-refractivity contribution in [2.75, 3.05) is 5.32 Å². The highest BCUT2D eigenvalue weighted by atomic mass is 16.1. The summed E-state index contributed by atoms with van der Waals surface area (Å²) in [7, 11) is 0. The topological polar surface area (TPSA) is 46.9 Å². The molecule has 0 aliphatic carbocycles. The molecule has 32 heavy (non-hydrogen) atoms. The molecule has 4 heteroatoms. The first kappa shape index (κ1) is 19.5. The lowest BCUT2D eigenvalue weighted by atomic mass is 10.1. The second-order valence-corrected chi connectivity index (χ2v) is 7.39. The second-order valence-electron chi connectivity index (χ2n) is 7.39. The number of carbonyl (C=O) groups is 1. The molecular formula is C28H21N3O. The molecule has 0 saturated heterocycles. The quantitative estimate of drug-likeness (QED) is 0.358. The number of anilines is 1. The van der Waals surface area contributed by atoms with E-state index >= 15 is 0 Å². The molecule has 0 fully saturated rings. The first-order valence-corrected chi connectivity index (χ1v) is 10.4. The number of benzene rings is 3. The molecule has 0 atom stereocenters. The Morgan fingerprint density at radius 1 is 0.625 bits per heavy atom. The molecule has 0 spiro atoms. The van der Waals surface area contributed by atoms with E-state index in [0.29, 0.717) is 11.4 Å². The molecule has 0 saturated carbocycles. The molecule has 2 heterocycles. The molecule has 1 amide bonds. The smallest absolute Gasteiger partial charge is 0.256 e. The number of hydrogen-bond donors (Lipinski definition) is 1. The summed E-state index contributed by atoms with van der Waals surface area (Å²) in [5.41, 5.74) is 6.01. The van der Waals surface area contributed by atoms with Crippen LogP contribution in [0.5, 0.6) is 0 Å². The zero-order chi connectivity index (χ0) is 21.8. The van der Waals surface area contributed by atoms with Gasteiger partial charge in [-0.2, -0.15) is 0 Å². The van der Waals surface area contributed by atoms with Gasteiger partial charge in [-0.25, -0.2) is 4.98 Å². The lowest BCUT2D eigenvalue weighted by Crippen LogP contribution is -2.12. The maximum absolute atomic E-state index is 12.6. The van der Waals surface area contributed by atoms with Gasteiger partial charge < -0.3 is 9.88 Å². The maximum Gasteiger partial charge on any atom is 0.256 e. The molecule has 3 aromatic carbocycles. The van der Waals surface area contributed by atoms with Gasteiger partial charge in [0.1, 0.15) is 5.82 Å². The van der Waals surface area contributed by atoms with E-state index in [9.17, 15) is 4.79 Å². The molecular weight excluding hydrogens is 394 g/mol. The number of aromatic nitrogens is 2. The van der Waals surface area contributed by atoms with Gasteiger partial charge in [-0.1, -0.05) is 66.7 Å². The Labute approximate surface area is 186 Å². The Kier molecular flexibility index (Phi) is 5.33. The monoisotopic (exact) mass is 415 g/mol. The highest BCUT2D eigenvalue weighted by molar-refractivity contribution is 6.03. The molecule has 0 aliphatic rings. The fourth-order valence-corrected chi connectivity index (χ4v) is 3.77.